The number of hydrogen-bond acceptors (Lipinski definition) is 7. The van der Waals surface area contributed by atoms with Gasteiger partial charge in [0, 0.05) is 41.4 Å². The lowest BCUT2D eigenvalue weighted by molar-refractivity contribution is 0.261. The van der Waals surface area contributed by atoms with Gasteiger partial charge in [0.05, 0.1) is 13.1 Å². The van der Waals surface area contributed by atoms with Crippen molar-refractivity contribution < 1.29 is 0 Å². The molecule has 1 fully saturated rings. The van der Waals surface area contributed by atoms with E-state index < -0.39 is 0 Å². The average Bonchev–Trinajstić information content (AvgIpc) is 3.01. The van der Waals surface area contributed by atoms with Crippen LogP contribution >= 0.6 is 23.5 Å². The van der Waals surface area contributed by atoms with Gasteiger partial charge in [0.25, 0.3) is 0 Å². The van der Waals surface area contributed by atoms with Crippen molar-refractivity contribution in [2.24, 2.45) is 20.9 Å². The first-order valence-corrected chi connectivity index (χ1v) is 13.0. The van der Waals surface area contributed by atoms with Crippen LogP contribution in [0.5, 0.6) is 0 Å². The summed E-state index contributed by atoms with van der Waals surface area (Å²) in [5.41, 5.74) is 1.51. The molecule has 0 N–H and O–H groups in total. The Hall–Kier alpha value is -0.950. The Kier molecular flexibility index (Phi) is 6.94. The average molecular weight is 434 g/mol. The predicted molar refractivity (Wildman–Crippen MR) is 130 cm³/mol. The fourth-order valence-corrected chi connectivity index (χ4v) is 6.78. The molecule has 0 aromatic carbocycles. The minimum Gasteiger partial charge on any atom is -0.353 e. The molecule has 0 saturated carbocycles. The molecule has 0 amide bonds. The standard InChI is InChI=1S/C22H35N5S2/c1-4-17-8-6-5-7-13-28-18-14-23-16-25-20(19(17)18)26-9-11-27(12-10-26)21-24-15-22(2,3)29-21/h16-17H,4-15H2,1-3H3. The van der Waals surface area contributed by atoms with Crippen molar-refractivity contribution in [3.63, 3.8) is 0 Å². The Balaban J connectivity index is 1.51. The number of piperazine rings is 1. The molecule has 5 nitrogen and oxygen atoms in total. The van der Waals surface area contributed by atoms with Crippen LogP contribution in [-0.2, 0) is 0 Å². The molecule has 0 aromatic rings. The summed E-state index contributed by atoms with van der Waals surface area (Å²) < 4.78 is 0.247. The lowest BCUT2D eigenvalue weighted by Gasteiger charge is -2.39. The molecule has 29 heavy (non-hydrogen) atoms. The van der Waals surface area contributed by atoms with Crippen LogP contribution in [0.2, 0.25) is 0 Å². The van der Waals surface area contributed by atoms with Crippen molar-refractivity contribution >= 4 is 40.9 Å². The van der Waals surface area contributed by atoms with Crippen LogP contribution < -0.4 is 0 Å². The third-order valence-electron chi connectivity index (χ3n) is 6.22. The van der Waals surface area contributed by atoms with E-state index >= 15 is 0 Å². The fourth-order valence-electron chi connectivity index (χ4n) is 4.55. The van der Waals surface area contributed by atoms with Crippen molar-refractivity contribution in [3.8, 4) is 0 Å². The Morgan fingerprint density at radius 2 is 1.90 bits per heavy atom. The number of amidine groups is 2. The van der Waals surface area contributed by atoms with Gasteiger partial charge in [-0.3, -0.25) is 9.98 Å². The summed E-state index contributed by atoms with van der Waals surface area (Å²) in [6, 6.07) is 0. The zero-order valence-corrected chi connectivity index (χ0v) is 19.8. The summed E-state index contributed by atoms with van der Waals surface area (Å²) in [5, 5.41) is 1.24. The Morgan fingerprint density at radius 3 is 2.62 bits per heavy atom. The predicted octanol–water partition coefficient (Wildman–Crippen LogP) is 4.51. The van der Waals surface area contributed by atoms with E-state index in [9.17, 15) is 0 Å². The van der Waals surface area contributed by atoms with Gasteiger partial charge >= 0.3 is 0 Å². The fraction of sp³-hybridized carbons (Fsp3) is 0.773. The van der Waals surface area contributed by atoms with E-state index in [1.54, 1.807) is 0 Å². The highest BCUT2D eigenvalue weighted by Crippen LogP contribution is 2.36. The summed E-state index contributed by atoms with van der Waals surface area (Å²) in [7, 11) is 0. The number of nitrogens with zero attached hydrogens (tertiary/aromatic N) is 5. The molecular weight excluding hydrogens is 398 g/mol. The van der Waals surface area contributed by atoms with Crippen LogP contribution in [0.3, 0.4) is 0 Å². The highest BCUT2D eigenvalue weighted by molar-refractivity contribution is 8.15. The maximum atomic E-state index is 4.90. The minimum atomic E-state index is 0.247. The van der Waals surface area contributed by atoms with Crippen LogP contribution in [0.4, 0.5) is 0 Å². The van der Waals surface area contributed by atoms with Crippen LogP contribution in [-0.4, -0.2) is 76.9 Å². The van der Waals surface area contributed by atoms with Gasteiger partial charge in [0.15, 0.2) is 5.17 Å². The van der Waals surface area contributed by atoms with E-state index in [2.05, 4.69) is 35.6 Å². The van der Waals surface area contributed by atoms with Crippen LogP contribution in [0.1, 0.15) is 52.9 Å². The maximum absolute atomic E-state index is 4.90. The normalized spacial score (nSPS) is 28.2. The van der Waals surface area contributed by atoms with E-state index in [1.165, 1.54) is 59.3 Å². The van der Waals surface area contributed by atoms with E-state index in [0.29, 0.717) is 5.92 Å². The topological polar surface area (TPSA) is 43.6 Å². The molecular formula is C22H35N5S2. The van der Waals surface area contributed by atoms with Gasteiger partial charge in [-0.25, -0.2) is 4.99 Å². The molecule has 1 saturated heterocycles. The van der Waals surface area contributed by atoms with Crippen LogP contribution in [0.15, 0.2) is 25.5 Å². The Morgan fingerprint density at radius 1 is 1.10 bits per heavy atom. The van der Waals surface area contributed by atoms with Gasteiger partial charge in [-0.05, 0) is 44.8 Å². The molecule has 0 aromatic heterocycles. The van der Waals surface area contributed by atoms with E-state index in [4.69, 9.17) is 9.98 Å². The second-order valence-corrected chi connectivity index (χ2v) is 11.8. The molecule has 0 aliphatic carbocycles. The van der Waals surface area contributed by atoms with E-state index in [0.717, 1.165) is 39.3 Å². The first-order chi connectivity index (χ1) is 14.1. The second kappa shape index (κ2) is 9.46. The SMILES string of the molecule is CCC1CCCCCSC2=C1C(N1CCN(C3=NCC(C)(C)S3)CC1)=NC=NC2. The molecule has 0 radical (unpaired) electrons. The van der Waals surface area contributed by atoms with Crippen molar-refractivity contribution in [1.29, 1.82) is 0 Å². The summed E-state index contributed by atoms with van der Waals surface area (Å²) in [4.78, 5) is 20.8. The molecule has 7 heteroatoms. The van der Waals surface area contributed by atoms with Gasteiger partial charge in [0.2, 0.25) is 0 Å². The molecule has 4 aliphatic rings. The molecule has 0 bridgehead atoms. The zero-order chi connectivity index (χ0) is 20.3. The highest BCUT2D eigenvalue weighted by Gasteiger charge is 2.34. The first-order valence-electron chi connectivity index (χ1n) is 11.2. The van der Waals surface area contributed by atoms with Crippen molar-refractivity contribution in [2.75, 3.05) is 45.0 Å². The van der Waals surface area contributed by atoms with Crippen LogP contribution in [0, 0.1) is 5.92 Å². The smallest absolute Gasteiger partial charge is 0.159 e. The van der Waals surface area contributed by atoms with Gasteiger partial charge in [-0.15, -0.1) is 11.8 Å². The quantitative estimate of drug-likeness (QED) is 0.610. The first kappa shape index (κ1) is 21.3. The summed E-state index contributed by atoms with van der Waals surface area (Å²) in [6.07, 6.45) is 8.31. The Labute approximate surface area is 184 Å². The van der Waals surface area contributed by atoms with E-state index in [1.807, 2.05) is 29.9 Å². The van der Waals surface area contributed by atoms with Crippen molar-refractivity contribution in [2.45, 2.75) is 57.6 Å². The van der Waals surface area contributed by atoms with Gasteiger partial charge in [-0.2, -0.15) is 0 Å². The second-order valence-electron chi connectivity index (χ2n) is 8.98. The van der Waals surface area contributed by atoms with Gasteiger partial charge < -0.3 is 9.80 Å². The number of aliphatic imine (C=N–C) groups is 3. The molecule has 4 aliphatic heterocycles. The lowest BCUT2D eigenvalue weighted by Crippen LogP contribution is -2.51. The maximum Gasteiger partial charge on any atom is 0.159 e. The van der Waals surface area contributed by atoms with Crippen LogP contribution in [0.25, 0.3) is 0 Å². The zero-order valence-electron chi connectivity index (χ0n) is 18.2. The van der Waals surface area contributed by atoms with Crippen molar-refractivity contribution in [3.05, 3.63) is 10.5 Å². The van der Waals surface area contributed by atoms with Gasteiger partial charge in [-0.1, -0.05) is 31.5 Å². The number of hydrogen-bond donors (Lipinski definition) is 0. The molecule has 0 spiro atoms. The molecule has 1 atom stereocenters. The lowest BCUT2D eigenvalue weighted by atomic mass is 9.88. The monoisotopic (exact) mass is 433 g/mol. The number of rotatable bonds is 1. The van der Waals surface area contributed by atoms with E-state index in [-0.39, 0.29) is 4.75 Å². The largest absolute Gasteiger partial charge is 0.353 e. The Bertz CT molecular complexity index is 717. The molecule has 4 rings (SSSR count). The number of thioether (sulfide) groups is 2. The third kappa shape index (κ3) is 5.04. The highest BCUT2D eigenvalue weighted by atomic mass is 32.2. The molecule has 4 heterocycles. The summed E-state index contributed by atoms with van der Waals surface area (Å²) >= 11 is 3.98. The van der Waals surface area contributed by atoms with Gasteiger partial charge in [0.1, 0.15) is 12.2 Å². The summed E-state index contributed by atoms with van der Waals surface area (Å²) in [6.45, 7) is 12.8. The van der Waals surface area contributed by atoms with Crippen molar-refractivity contribution in [1.82, 2.24) is 9.80 Å². The summed E-state index contributed by atoms with van der Waals surface area (Å²) in [5.74, 6) is 3.05. The minimum absolute atomic E-state index is 0.247. The molecule has 1 unspecified atom stereocenters. The third-order valence-corrected chi connectivity index (χ3v) is 8.67. The molecule has 160 valence electrons.